The van der Waals surface area contributed by atoms with Crippen LogP contribution in [0.25, 0.3) is 10.9 Å². The fraction of sp³-hybridized carbons (Fsp3) is 0.357. The van der Waals surface area contributed by atoms with Gasteiger partial charge in [-0.05, 0) is 37.6 Å². The summed E-state index contributed by atoms with van der Waals surface area (Å²) in [6, 6.07) is 4.77. The van der Waals surface area contributed by atoms with Crippen LogP contribution in [-0.2, 0) is 11.2 Å². The van der Waals surface area contributed by atoms with Crippen LogP contribution >= 0.6 is 0 Å². The van der Waals surface area contributed by atoms with E-state index in [0.29, 0.717) is 10.9 Å². The lowest BCUT2D eigenvalue weighted by molar-refractivity contribution is -0.648. The summed E-state index contributed by atoms with van der Waals surface area (Å²) < 4.78 is 0. The first-order valence-electron chi connectivity index (χ1n) is 6.39. The lowest BCUT2D eigenvalue weighted by Crippen LogP contribution is -2.82. The first-order chi connectivity index (χ1) is 9.08. The maximum Gasteiger partial charge on any atom is 0.116 e. The molecule has 1 aromatic heterocycles. The number of aromatic hydroxyl groups is 1. The van der Waals surface area contributed by atoms with E-state index >= 15 is 0 Å². The molecule has 0 fully saturated rings. The van der Waals surface area contributed by atoms with Gasteiger partial charge in [0.2, 0.25) is 0 Å². The minimum absolute atomic E-state index is 0.122. The Morgan fingerprint density at radius 3 is 2.58 bits per heavy atom. The number of carboxylic acid groups (broad SMARTS) is 1. The van der Waals surface area contributed by atoms with Gasteiger partial charge in [0, 0.05) is 29.5 Å². The first-order valence-corrected chi connectivity index (χ1v) is 6.39. The van der Waals surface area contributed by atoms with Gasteiger partial charge >= 0.3 is 0 Å². The zero-order valence-corrected chi connectivity index (χ0v) is 11.3. The molecule has 0 bridgehead atoms. The van der Waals surface area contributed by atoms with Crippen LogP contribution in [0, 0.1) is 0 Å². The number of carbonyl (C=O) groups excluding carboxylic acids is 1. The summed E-state index contributed by atoms with van der Waals surface area (Å²) in [5, 5.41) is 22.6. The van der Waals surface area contributed by atoms with Gasteiger partial charge in [-0.1, -0.05) is 0 Å². The van der Waals surface area contributed by atoms with Gasteiger partial charge in [0.25, 0.3) is 0 Å². The second kappa shape index (κ2) is 7.43. The van der Waals surface area contributed by atoms with Crippen LogP contribution in [0.15, 0.2) is 24.4 Å². The second-order valence-corrected chi connectivity index (χ2v) is 4.20. The Morgan fingerprint density at radius 1 is 1.37 bits per heavy atom. The summed E-state index contributed by atoms with van der Waals surface area (Å²) in [6.07, 6.45) is 1.46. The maximum absolute atomic E-state index is 10.4. The number of carboxylic acids is 1. The van der Waals surface area contributed by atoms with E-state index in [1.165, 1.54) is 19.2 Å². The Labute approximate surface area is 112 Å². The molecule has 104 valence electrons. The SMILES string of the molecule is CC[NH2+]CC.O=C([O-])Cc1c[nH]c2ccc(O)cc12. The van der Waals surface area contributed by atoms with Gasteiger partial charge in [0.1, 0.15) is 5.75 Å². The Kier molecular flexibility index (Phi) is 5.89. The number of carbonyl (C=O) groups is 1. The molecular weight excluding hydrogens is 244 g/mol. The van der Waals surface area contributed by atoms with Crippen molar-refractivity contribution < 1.29 is 20.3 Å². The van der Waals surface area contributed by atoms with Crippen LogP contribution in [0.5, 0.6) is 5.75 Å². The van der Waals surface area contributed by atoms with Gasteiger partial charge in [0.15, 0.2) is 0 Å². The second-order valence-electron chi connectivity index (χ2n) is 4.20. The lowest BCUT2D eigenvalue weighted by Gasteiger charge is -2.00. The van der Waals surface area contributed by atoms with E-state index < -0.39 is 5.97 Å². The Hall–Kier alpha value is -2.01. The van der Waals surface area contributed by atoms with Crippen molar-refractivity contribution in [1.82, 2.24) is 4.98 Å². The van der Waals surface area contributed by atoms with E-state index in [-0.39, 0.29) is 12.2 Å². The van der Waals surface area contributed by atoms with E-state index in [1.807, 2.05) is 0 Å². The van der Waals surface area contributed by atoms with Crippen LogP contribution in [0.3, 0.4) is 0 Å². The first kappa shape index (κ1) is 15.0. The van der Waals surface area contributed by atoms with Crippen LogP contribution in [0.1, 0.15) is 19.4 Å². The normalized spacial score (nSPS) is 10.0. The highest BCUT2D eigenvalue weighted by molar-refractivity contribution is 5.87. The standard InChI is InChI=1S/C10H9NO3.C4H11N/c12-7-1-2-9-8(4-7)6(5-11-9)3-10(13)14;1-3-5-4-2/h1-2,4-5,11-12H,3H2,(H,13,14);5H,3-4H2,1-2H3. The molecule has 2 aromatic rings. The summed E-state index contributed by atoms with van der Waals surface area (Å²) in [7, 11) is 0. The molecule has 2 rings (SSSR count). The summed E-state index contributed by atoms with van der Waals surface area (Å²) in [5.41, 5.74) is 1.43. The van der Waals surface area contributed by atoms with Crippen LogP contribution in [0.4, 0.5) is 0 Å². The van der Waals surface area contributed by atoms with Gasteiger partial charge in [-0.15, -0.1) is 0 Å². The Balaban J connectivity index is 0.000000312. The number of aromatic nitrogens is 1. The highest BCUT2D eigenvalue weighted by Crippen LogP contribution is 2.22. The molecule has 1 aromatic carbocycles. The summed E-state index contributed by atoms with van der Waals surface area (Å²) in [4.78, 5) is 13.3. The number of phenols is 1. The molecule has 4 N–H and O–H groups in total. The third kappa shape index (κ3) is 4.63. The minimum Gasteiger partial charge on any atom is -0.550 e. The van der Waals surface area contributed by atoms with Crippen molar-refractivity contribution in [2.75, 3.05) is 13.1 Å². The zero-order valence-electron chi connectivity index (χ0n) is 11.3. The van der Waals surface area contributed by atoms with Crippen molar-refractivity contribution in [3.63, 3.8) is 0 Å². The number of phenolic OH excluding ortho intramolecular Hbond substituents is 1. The number of benzene rings is 1. The summed E-state index contributed by atoms with van der Waals surface area (Å²) in [6.45, 7) is 6.75. The molecule has 0 saturated heterocycles. The minimum atomic E-state index is -1.13. The average Bonchev–Trinajstić information content (AvgIpc) is 2.73. The van der Waals surface area contributed by atoms with Crippen molar-refractivity contribution >= 4 is 16.9 Å². The summed E-state index contributed by atoms with van der Waals surface area (Å²) in [5.74, 6) is -1.01. The Bertz CT molecular complexity index is 532. The van der Waals surface area contributed by atoms with Crippen molar-refractivity contribution in [3.05, 3.63) is 30.0 Å². The van der Waals surface area contributed by atoms with E-state index in [2.05, 4.69) is 24.1 Å². The monoisotopic (exact) mass is 264 g/mol. The number of aliphatic carboxylic acids is 1. The third-order valence-corrected chi connectivity index (χ3v) is 2.66. The predicted molar refractivity (Wildman–Crippen MR) is 71.7 cm³/mol. The number of fused-ring (bicyclic) bond motifs is 1. The largest absolute Gasteiger partial charge is 0.550 e. The number of hydrogen-bond donors (Lipinski definition) is 3. The average molecular weight is 264 g/mol. The molecule has 0 aliphatic heterocycles. The number of nitrogens with two attached hydrogens (primary N) is 1. The predicted octanol–water partition coefficient (Wildman–Crippen LogP) is -0.244. The quantitative estimate of drug-likeness (QED) is 0.711. The fourth-order valence-electron chi connectivity index (χ4n) is 1.76. The highest BCUT2D eigenvalue weighted by Gasteiger charge is 2.04. The van der Waals surface area contributed by atoms with E-state index in [0.717, 1.165) is 5.52 Å². The van der Waals surface area contributed by atoms with E-state index in [9.17, 15) is 15.0 Å². The number of rotatable bonds is 4. The van der Waals surface area contributed by atoms with E-state index in [4.69, 9.17) is 0 Å². The number of H-pyrrole nitrogens is 1. The third-order valence-electron chi connectivity index (χ3n) is 2.66. The van der Waals surface area contributed by atoms with Gasteiger partial charge in [-0.25, -0.2) is 0 Å². The van der Waals surface area contributed by atoms with Crippen molar-refractivity contribution in [1.29, 1.82) is 0 Å². The number of nitrogens with one attached hydrogen (secondary N) is 1. The molecule has 0 amide bonds. The van der Waals surface area contributed by atoms with Gasteiger partial charge in [-0.3, -0.25) is 0 Å². The van der Waals surface area contributed by atoms with Crippen molar-refractivity contribution in [2.24, 2.45) is 0 Å². The molecular formula is C14H20N2O3. The molecule has 0 aliphatic rings. The lowest BCUT2D eigenvalue weighted by atomic mass is 10.1. The topological polar surface area (TPSA) is 92.8 Å². The molecule has 1 heterocycles. The van der Waals surface area contributed by atoms with Crippen LogP contribution < -0.4 is 10.4 Å². The molecule has 19 heavy (non-hydrogen) atoms. The molecule has 5 nitrogen and oxygen atoms in total. The van der Waals surface area contributed by atoms with Crippen LogP contribution in [-0.4, -0.2) is 29.1 Å². The summed E-state index contributed by atoms with van der Waals surface area (Å²) >= 11 is 0. The molecule has 0 radical (unpaired) electrons. The molecule has 0 atom stereocenters. The highest BCUT2D eigenvalue weighted by atomic mass is 16.4. The molecule has 0 spiro atoms. The van der Waals surface area contributed by atoms with Crippen LogP contribution in [0.2, 0.25) is 0 Å². The van der Waals surface area contributed by atoms with E-state index in [1.54, 1.807) is 18.3 Å². The smallest absolute Gasteiger partial charge is 0.116 e. The molecule has 0 aliphatic carbocycles. The Morgan fingerprint density at radius 2 is 2.05 bits per heavy atom. The molecule has 5 heteroatoms. The van der Waals surface area contributed by atoms with Crippen molar-refractivity contribution in [2.45, 2.75) is 20.3 Å². The number of aromatic amines is 1. The maximum atomic E-state index is 10.4. The number of quaternary nitrogens is 1. The fourth-order valence-corrected chi connectivity index (χ4v) is 1.76. The number of hydrogen-bond acceptors (Lipinski definition) is 3. The van der Waals surface area contributed by atoms with Gasteiger partial charge in [-0.2, -0.15) is 0 Å². The molecule has 0 saturated carbocycles. The van der Waals surface area contributed by atoms with Gasteiger partial charge in [0.05, 0.1) is 13.1 Å². The van der Waals surface area contributed by atoms with Gasteiger partial charge < -0.3 is 25.3 Å². The van der Waals surface area contributed by atoms with Crippen molar-refractivity contribution in [3.8, 4) is 5.75 Å². The molecule has 0 unspecified atom stereocenters. The zero-order chi connectivity index (χ0) is 14.3.